The topological polar surface area (TPSA) is 137 Å². The van der Waals surface area contributed by atoms with Crippen LogP contribution in [0.3, 0.4) is 0 Å². The molecule has 1 aromatic rings. The van der Waals surface area contributed by atoms with Crippen molar-refractivity contribution in [3.05, 3.63) is 41.4 Å². The van der Waals surface area contributed by atoms with Gasteiger partial charge in [0.2, 0.25) is 12.0 Å². The van der Waals surface area contributed by atoms with Gasteiger partial charge in [-0.25, -0.2) is 9.18 Å². The van der Waals surface area contributed by atoms with E-state index in [1.807, 2.05) is 0 Å². The highest BCUT2D eigenvalue weighted by molar-refractivity contribution is 5.89. The third-order valence-corrected chi connectivity index (χ3v) is 3.45. The molecule has 2 rings (SSSR count). The normalized spacial score (nSPS) is 30.9. The van der Waals surface area contributed by atoms with Crippen LogP contribution in [0, 0.1) is 5.82 Å². The van der Waals surface area contributed by atoms with E-state index in [0.29, 0.717) is 0 Å². The van der Waals surface area contributed by atoms with Crippen molar-refractivity contribution in [1.82, 2.24) is 0 Å². The number of hydrogen-bond acceptors (Lipinski definition) is 7. The van der Waals surface area contributed by atoms with Crippen LogP contribution < -0.4 is 0 Å². The lowest BCUT2D eigenvalue weighted by molar-refractivity contribution is -0.291. The van der Waals surface area contributed by atoms with Crippen LogP contribution in [-0.4, -0.2) is 68.8 Å². The zero-order valence-corrected chi connectivity index (χ0v) is 12.3. The number of carboxylic acids is 1. The molecule has 24 heavy (non-hydrogen) atoms. The van der Waals surface area contributed by atoms with E-state index in [0.717, 1.165) is 12.1 Å². The molecular weight excluding hydrogens is 327 g/mol. The van der Waals surface area contributed by atoms with Gasteiger partial charge in [0.05, 0.1) is 6.61 Å². The van der Waals surface area contributed by atoms with Crippen LogP contribution in [0.2, 0.25) is 0 Å². The Hall–Kier alpha value is -2.04. The van der Waals surface area contributed by atoms with Crippen LogP contribution in [-0.2, 0) is 14.3 Å². The lowest BCUT2D eigenvalue weighted by atomic mass is 9.99. The van der Waals surface area contributed by atoms with Gasteiger partial charge in [-0.05, 0) is 23.8 Å². The molecule has 5 atom stereocenters. The van der Waals surface area contributed by atoms with E-state index in [4.69, 9.17) is 14.6 Å². The minimum absolute atomic E-state index is 0.192. The van der Waals surface area contributed by atoms with E-state index < -0.39 is 54.9 Å². The third-order valence-electron chi connectivity index (χ3n) is 3.45. The standard InChI is InChI=1S/C15H17FO8/c16-8-3-1-2-7(4-8)5-9(14(21)22)23-15-13(20)12(19)11(18)10(6-17)24-15/h1-5,10-13,15,17-20H,6H2,(H,21,22)/b9-5-/t10-,11-,12+,13-,15-/m0/s1. The highest BCUT2D eigenvalue weighted by atomic mass is 19.1. The molecule has 1 saturated heterocycles. The van der Waals surface area contributed by atoms with E-state index in [2.05, 4.69) is 0 Å². The van der Waals surface area contributed by atoms with Gasteiger partial charge in [0.15, 0.2) is 0 Å². The van der Waals surface area contributed by atoms with Gasteiger partial charge < -0.3 is 35.0 Å². The Morgan fingerprint density at radius 2 is 1.96 bits per heavy atom. The third kappa shape index (κ3) is 4.08. The summed E-state index contributed by atoms with van der Waals surface area (Å²) in [5.74, 6) is -2.78. The lowest BCUT2D eigenvalue weighted by Crippen LogP contribution is -2.59. The number of carbonyl (C=O) groups is 1. The van der Waals surface area contributed by atoms with Crippen LogP contribution in [0.25, 0.3) is 6.08 Å². The van der Waals surface area contributed by atoms with E-state index in [-0.39, 0.29) is 5.56 Å². The summed E-state index contributed by atoms with van der Waals surface area (Å²) in [7, 11) is 0. The fourth-order valence-electron chi connectivity index (χ4n) is 2.18. The van der Waals surface area contributed by atoms with Crippen LogP contribution >= 0.6 is 0 Å². The largest absolute Gasteiger partial charge is 0.475 e. The van der Waals surface area contributed by atoms with Crippen molar-refractivity contribution in [2.24, 2.45) is 0 Å². The second-order valence-electron chi connectivity index (χ2n) is 5.18. The van der Waals surface area contributed by atoms with Crippen molar-refractivity contribution in [3.63, 3.8) is 0 Å². The van der Waals surface area contributed by atoms with Crippen molar-refractivity contribution in [2.45, 2.75) is 30.7 Å². The fourth-order valence-corrected chi connectivity index (χ4v) is 2.18. The lowest BCUT2D eigenvalue weighted by Gasteiger charge is -2.39. The van der Waals surface area contributed by atoms with E-state index in [1.54, 1.807) is 0 Å². The summed E-state index contributed by atoms with van der Waals surface area (Å²) in [6.07, 6.45) is -6.92. The molecule has 0 aliphatic carbocycles. The minimum atomic E-state index is -1.75. The zero-order chi connectivity index (χ0) is 17.9. The minimum Gasteiger partial charge on any atom is -0.475 e. The second kappa shape index (κ2) is 7.69. The number of hydrogen-bond donors (Lipinski definition) is 5. The average molecular weight is 344 g/mol. The van der Waals surface area contributed by atoms with Gasteiger partial charge in [-0.2, -0.15) is 0 Å². The molecule has 0 amide bonds. The molecule has 0 bridgehead atoms. The van der Waals surface area contributed by atoms with Gasteiger partial charge in [-0.15, -0.1) is 0 Å². The summed E-state index contributed by atoms with van der Waals surface area (Å²) in [6, 6.07) is 5.05. The van der Waals surface area contributed by atoms with Crippen LogP contribution in [0.1, 0.15) is 5.56 Å². The summed E-state index contributed by atoms with van der Waals surface area (Å²) in [4.78, 5) is 11.3. The summed E-state index contributed by atoms with van der Waals surface area (Å²) in [5.41, 5.74) is 0.192. The smallest absolute Gasteiger partial charge is 0.371 e. The predicted molar refractivity (Wildman–Crippen MR) is 76.9 cm³/mol. The summed E-state index contributed by atoms with van der Waals surface area (Å²) < 4.78 is 23.3. The number of ether oxygens (including phenoxy) is 2. The molecule has 1 aliphatic rings. The maximum absolute atomic E-state index is 13.2. The van der Waals surface area contributed by atoms with Crippen LogP contribution in [0.4, 0.5) is 4.39 Å². The first-order chi connectivity index (χ1) is 11.3. The Morgan fingerprint density at radius 1 is 1.25 bits per heavy atom. The number of aliphatic carboxylic acids is 1. The molecule has 132 valence electrons. The van der Waals surface area contributed by atoms with Gasteiger partial charge >= 0.3 is 5.97 Å². The summed E-state index contributed by atoms with van der Waals surface area (Å²) in [5, 5.41) is 47.4. The zero-order valence-electron chi connectivity index (χ0n) is 12.3. The number of halogens is 1. The molecule has 9 heteroatoms. The van der Waals surface area contributed by atoms with Crippen molar-refractivity contribution in [1.29, 1.82) is 0 Å². The molecule has 0 radical (unpaired) electrons. The summed E-state index contributed by atoms with van der Waals surface area (Å²) >= 11 is 0. The van der Waals surface area contributed by atoms with Gasteiger partial charge in [0.25, 0.3) is 0 Å². The molecule has 0 aromatic heterocycles. The molecule has 8 nitrogen and oxygen atoms in total. The molecule has 1 aliphatic heterocycles. The first-order valence-corrected chi connectivity index (χ1v) is 7.01. The first kappa shape index (κ1) is 18.3. The Labute approximate surface area is 136 Å². The summed E-state index contributed by atoms with van der Waals surface area (Å²) in [6.45, 7) is -0.680. The van der Waals surface area contributed by atoms with Crippen molar-refractivity contribution in [3.8, 4) is 0 Å². The second-order valence-corrected chi connectivity index (χ2v) is 5.18. The van der Waals surface area contributed by atoms with Crippen molar-refractivity contribution in [2.75, 3.05) is 6.61 Å². The number of benzene rings is 1. The van der Waals surface area contributed by atoms with Crippen LogP contribution in [0.15, 0.2) is 30.0 Å². The predicted octanol–water partition coefficient (Wildman–Crippen LogP) is -0.932. The molecule has 1 heterocycles. The Morgan fingerprint density at radius 3 is 2.54 bits per heavy atom. The highest BCUT2D eigenvalue weighted by Gasteiger charge is 2.45. The quantitative estimate of drug-likeness (QED) is 0.341. The highest BCUT2D eigenvalue weighted by Crippen LogP contribution is 2.24. The fraction of sp³-hybridized carbons (Fsp3) is 0.400. The van der Waals surface area contributed by atoms with E-state index in [1.165, 1.54) is 18.2 Å². The van der Waals surface area contributed by atoms with Gasteiger partial charge in [-0.3, -0.25) is 0 Å². The molecular formula is C15H17FO8. The van der Waals surface area contributed by atoms with Crippen molar-refractivity contribution >= 4 is 12.0 Å². The Kier molecular flexibility index (Phi) is 5.86. The molecule has 0 spiro atoms. The van der Waals surface area contributed by atoms with Gasteiger partial charge in [0, 0.05) is 0 Å². The molecule has 0 saturated carbocycles. The molecule has 0 unspecified atom stereocenters. The van der Waals surface area contributed by atoms with Gasteiger partial charge in [-0.1, -0.05) is 12.1 Å². The maximum atomic E-state index is 13.2. The monoisotopic (exact) mass is 344 g/mol. The van der Waals surface area contributed by atoms with Crippen molar-refractivity contribution < 1.29 is 44.2 Å². The number of rotatable bonds is 5. The first-order valence-electron chi connectivity index (χ1n) is 7.01. The molecule has 5 N–H and O–H groups in total. The molecule has 1 fully saturated rings. The number of aliphatic hydroxyl groups excluding tert-OH is 4. The maximum Gasteiger partial charge on any atom is 0.371 e. The molecule has 1 aromatic carbocycles. The Balaban J connectivity index is 2.22. The van der Waals surface area contributed by atoms with E-state index >= 15 is 0 Å². The average Bonchev–Trinajstić information content (AvgIpc) is 2.54. The number of aliphatic hydroxyl groups is 4. The SMILES string of the molecule is O=C(O)/C(=C/c1cccc(F)c1)O[C@H]1O[C@@H](CO)[C@H](O)[C@@H](O)[C@@H]1O. The van der Waals surface area contributed by atoms with E-state index in [9.17, 15) is 29.6 Å². The van der Waals surface area contributed by atoms with Crippen LogP contribution in [0.5, 0.6) is 0 Å². The Bertz CT molecular complexity index is 617. The number of carboxylic acid groups (broad SMARTS) is 1. The van der Waals surface area contributed by atoms with Gasteiger partial charge in [0.1, 0.15) is 30.2 Å².